The van der Waals surface area contributed by atoms with Gasteiger partial charge in [0.15, 0.2) is 5.54 Å². The summed E-state index contributed by atoms with van der Waals surface area (Å²) in [6.45, 7) is 5.17. The first kappa shape index (κ1) is 10.8. The molecule has 0 aromatic rings. The molecule has 0 aliphatic heterocycles. The monoisotopic (exact) mass is 171 g/mol. The van der Waals surface area contributed by atoms with Crippen LogP contribution < -0.4 is 0 Å². The van der Waals surface area contributed by atoms with Gasteiger partial charge in [0, 0.05) is 0 Å². The molecule has 0 radical (unpaired) electrons. The van der Waals surface area contributed by atoms with Crippen LogP contribution in [-0.2, 0) is 9.59 Å². The molecular weight excluding hydrogens is 158 g/mol. The molecule has 0 heterocycles. The molecule has 4 nitrogen and oxygen atoms in total. The molecule has 0 saturated heterocycles. The molecule has 0 bridgehead atoms. The van der Waals surface area contributed by atoms with Gasteiger partial charge in [-0.1, -0.05) is 13.8 Å². The molecule has 1 atom stereocenters. The van der Waals surface area contributed by atoms with Gasteiger partial charge in [-0.05, 0) is 19.3 Å². The summed E-state index contributed by atoms with van der Waals surface area (Å²) < 4.78 is 0. The molecule has 0 aliphatic rings. The number of nitrogens with zero attached hydrogens (tertiary/aromatic N) is 1. The van der Waals surface area contributed by atoms with Gasteiger partial charge in [-0.25, -0.2) is 9.59 Å². The van der Waals surface area contributed by atoms with E-state index in [0.717, 1.165) is 0 Å². The molecular formula is C8H13NO3. The van der Waals surface area contributed by atoms with Gasteiger partial charge < -0.3 is 5.11 Å². The normalized spacial score (nSPS) is 15.0. The second-order valence-corrected chi connectivity index (χ2v) is 3.38. The Labute approximate surface area is 71.3 Å². The lowest BCUT2D eigenvalue weighted by atomic mass is 9.92. The van der Waals surface area contributed by atoms with Gasteiger partial charge in [-0.3, -0.25) is 0 Å². The van der Waals surface area contributed by atoms with Crippen molar-refractivity contribution >= 4 is 12.0 Å². The molecule has 0 aromatic heterocycles. The summed E-state index contributed by atoms with van der Waals surface area (Å²) in [6, 6.07) is 0. The van der Waals surface area contributed by atoms with E-state index in [0.29, 0.717) is 6.42 Å². The quantitative estimate of drug-likeness (QED) is 0.510. The fourth-order valence-electron chi connectivity index (χ4n) is 1.08. The Morgan fingerprint density at radius 3 is 2.42 bits per heavy atom. The predicted molar refractivity (Wildman–Crippen MR) is 43.6 cm³/mol. The van der Waals surface area contributed by atoms with Crippen LogP contribution in [0.25, 0.3) is 0 Å². The summed E-state index contributed by atoms with van der Waals surface area (Å²) in [6.07, 6.45) is 1.63. The first-order valence-electron chi connectivity index (χ1n) is 3.75. The average molecular weight is 171 g/mol. The number of aliphatic imine (C=N–C) groups is 1. The minimum atomic E-state index is -1.31. The Morgan fingerprint density at radius 2 is 2.17 bits per heavy atom. The number of hydrogen-bond acceptors (Lipinski definition) is 3. The van der Waals surface area contributed by atoms with Crippen molar-refractivity contribution in [2.24, 2.45) is 10.9 Å². The van der Waals surface area contributed by atoms with Crippen molar-refractivity contribution in [1.29, 1.82) is 0 Å². The Hall–Kier alpha value is -1.15. The van der Waals surface area contributed by atoms with E-state index in [9.17, 15) is 9.59 Å². The largest absolute Gasteiger partial charge is 0.479 e. The van der Waals surface area contributed by atoms with E-state index in [4.69, 9.17) is 5.11 Å². The van der Waals surface area contributed by atoms with Crippen LogP contribution >= 0.6 is 0 Å². The average Bonchev–Trinajstić information content (AvgIpc) is 1.85. The van der Waals surface area contributed by atoms with E-state index in [2.05, 4.69) is 4.99 Å². The van der Waals surface area contributed by atoms with Crippen molar-refractivity contribution in [1.82, 2.24) is 0 Å². The predicted octanol–water partition coefficient (Wildman–Crippen LogP) is 1.21. The van der Waals surface area contributed by atoms with Gasteiger partial charge in [-0.2, -0.15) is 4.99 Å². The zero-order chi connectivity index (χ0) is 9.78. The van der Waals surface area contributed by atoms with Gasteiger partial charge in [0.25, 0.3) is 0 Å². The molecule has 0 spiro atoms. The van der Waals surface area contributed by atoms with Crippen LogP contribution in [0.5, 0.6) is 0 Å². The summed E-state index contributed by atoms with van der Waals surface area (Å²) in [7, 11) is 0. The maximum atomic E-state index is 10.7. The van der Waals surface area contributed by atoms with Crippen LogP contribution in [0.3, 0.4) is 0 Å². The molecule has 0 amide bonds. The third-order valence-corrected chi connectivity index (χ3v) is 1.56. The summed E-state index contributed by atoms with van der Waals surface area (Å²) in [5.74, 6) is -0.900. The second-order valence-electron chi connectivity index (χ2n) is 3.38. The lowest BCUT2D eigenvalue weighted by Crippen LogP contribution is -2.34. The minimum absolute atomic E-state index is 0.184. The molecule has 0 unspecified atom stereocenters. The molecule has 68 valence electrons. The topological polar surface area (TPSA) is 66.7 Å². The van der Waals surface area contributed by atoms with Crippen LogP contribution in [0.15, 0.2) is 4.99 Å². The van der Waals surface area contributed by atoms with Crippen LogP contribution in [0, 0.1) is 5.92 Å². The molecule has 0 aromatic carbocycles. The fourth-order valence-corrected chi connectivity index (χ4v) is 1.08. The molecule has 12 heavy (non-hydrogen) atoms. The number of aliphatic carboxylic acids is 1. The van der Waals surface area contributed by atoms with E-state index >= 15 is 0 Å². The smallest absolute Gasteiger partial charge is 0.332 e. The van der Waals surface area contributed by atoms with Crippen LogP contribution in [0.1, 0.15) is 27.2 Å². The number of carboxylic acids is 1. The van der Waals surface area contributed by atoms with Crippen molar-refractivity contribution in [3.63, 3.8) is 0 Å². The molecule has 0 aliphatic carbocycles. The fraction of sp³-hybridized carbons (Fsp3) is 0.750. The summed E-state index contributed by atoms with van der Waals surface area (Å²) in [5.41, 5.74) is -1.31. The maximum absolute atomic E-state index is 10.7. The Bertz CT molecular complexity index is 214. The van der Waals surface area contributed by atoms with E-state index in [1.54, 1.807) is 0 Å². The van der Waals surface area contributed by atoms with Crippen molar-refractivity contribution in [2.45, 2.75) is 32.7 Å². The van der Waals surface area contributed by atoms with E-state index in [-0.39, 0.29) is 5.92 Å². The van der Waals surface area contributed by atoms with Gasteiger partial charge in [0.1, 0.15) is 0 Å². The number of isocyanates is 1. The highest BCUT2D eigenvalue weighted by atomic mass is 16.4. The first-order valence-corrected chi connectivity index (χ1v) is 3.75. The van der Waals surface area contributed by atoms with Crippen LogP contribution in [0.2, 0.25) is 0 Å². The Kier molecular flexibility index (Phi) is 3.64. The highest BCUT2D eigenvalue weighted by Gasteiger charge is 2.33. The Morgan fingerprint density at radius 1 is 1.67 bits per heavy atom. The first-order chi connectivity index (χ1) is 5.42. The molecule has 0 rings (SSSR count). The summed E-state index contributed by atoms with van der Waals surface area (Å²) in [4.78, 5) is 23.9. The number of carbonyl (C=O) groups is 1. The van der Waals surface area contributed by atoms with Crippen LogP contribution in [0.4, 0.5) is 0 Å². The molecule has 4 heteroatoms. The lowest BCUT2D eigenvalue weighted by molar-refractivity contribution is -0.143. The highest BCUT2D eigenvalue weighted by molar-refractivity contribution is 5.79. The zero-order valence-electron chi connectivity index (χ0n) is 7.50. The van der Waals surface area contributed by atoms with Gasteiger partial charge in [0.05, 0.1) is 0 Å². The zero-order valence-corrected chi connectivity index (χ0v) is 7.50. The van der Waals surface area contributed by atoms with Crippen molar-refractivity contribution < 1.29 is 14.7 Å². The van der Waals surface area contributed by atoms with Crippen molar-refractivity contribution in [2.75, 3.05) is 0 Å². The molecule has 0 saturated carbocycles. The van der Waals surface area contributed by atoms with Gasteiger partial charge in [-0.15, -0.1) is 0 Å². The number of hydrogen-bond donors (Lipinski definition) is 1. The number of rotatable bonds is 4. The van der Waals surface area contributed by atoms with E-state index < -0.39 is 11.5 Å². The number of carbonyl (C=O) groups excluding carboxylic acids is 1. The maximum Gasteiger partial charge on any atom is 0.332 e. The number of carboxylic acid groups (broad SMARTS) is 1. The molecule has 1 N–H and O–H groups in total. The van der Waals surface area contributed by atoms with Crippen molar-refractivity contribution in [3.8, 4) is 0 Å². The summed E-state index contributed by atoms with van der Waals surface area (Å²) in [5, 5.41) is 8.74. The SMILES string of the molecule is CC(C)C[C@](C)(N=C=O)C(=O)O. The summed E-state index contributed by atoms with van der Waals surface area (Å²) >= 11 is 0. The van der Waals surface area contributed by atoms with Crippen LogP contribution in [-0.4, -0.2) is 22.7 Å². The molecule has 0 fully saturated rings. The van der Waals surface area contributed by atoms with Gasteiger partial charge in [0.2, 0.25) is 6.08 Å². The third-order valence-electron chi connectivity index (χ3n) is 1.56. The Balaban J connectivity index is 4.62. The third kappa shape index (κ3) is 2.84. The standard InChI is InChI=1S/C8H13NO3/c1-6(2)4-8(3,7(11)12)9-5-10/h6H,4H2,1-3H3,(H,11,12)/t8-/m0/s1. The lowest BCUT2D eigenvalue weighted by Gasteiger charge is -2.19. The second kappa shape index (κ2) is 4.02. The van der Waals surface area contributed by atoms with E-state index in [1.807, 2.05) is 13.8 Å². The van der Waals surface area contributed by atoms with Crippen molar-refractivity contribution in [3.05, 3.63) is 0 Å². The van der Waals surface area contributed by atoms with E-state index in [1.165, 1.54) is 13.0 Å². The minimum Gasteiger partial charge on any atom is -0.479 e. The highest BCUT2D eigenvalue weighted by Crippen LogP contribution is 2.20. The van der Waals surface area contributed by atoms with Gasteiger partial charge >= 0.3 is 5.97 Å².